The number of thiazole rings is 1. The van der Waals surface area contributed by atoms with Crippen LogP contribution in [0, 0.1) is 10.1 Å². The molecule has 2 heterocycles. The number of benzene rings is 2. The average Bonchev–Trinajstić information content (AvgIpc) is 3.11. The zero-order chi connectivity index (χ0) is 19.7. The van der Waals surface area contributed by atoms with Crippen LogP contribution in [0.15, 0.2) is 42.5 Å². The summed E-state index contributed by atoms with van der Waals surface area (Å²) in [6.07, 6.45) is 0. The number of carbonyl (C=O) groups excluding carboxylic acids is 1. The maximum absolute atomic E-state index is 12.4. The first-order valence-electron chi connectivity index (χ1n) is 8.61. The van der Waals surface area contributed by atoms with Gasteiger partial charge in [-0.1, -0.05) is 29.0 Å². The number of anilines is 2. The van der Waals surface area contributed by atoms with Crippen molar-refractivity contribution in [3.63, 3.8) is 0 Å². The van der Waals surface area contributed by atoms with Crippen LogP contribution in [0.2, 0.25) is 5.02 Å². The number of carbonyl (C=O) groups is 1. The highest BCUT2D eigenvalue weighted by Gasteiger charge is 2.23. The molecule has 1 aromatic heterocycles. The number of fused-ring (bicyclic) bond motifs is 1. The summed E-state index contributed by atoms with van der Waals surface area (Å²) in [5.74, 6) is 0. The van der Waals surface area contributed by atoms with E-state index in [1.807, 2.05) is 0 Å². The van der Waals surface area contributed by atoms with Crippen LogP contribution >= 0.6 is 22.9 Å². The molecule has 1 aliphatic rings. The van der Waals surface area contributed by atoms with Gasteiger partial charge in [0.1, 0.15) is 0 Å². The second-order valence-corrected chi connectivity index (χ2v) is 7.77. The Bertz CT molecular complexity index is 1050. The fraction of sp³-hybridized carbons (Fsp3) is 0.222. The molecule has 4 rings (SSSR count). The number of aromatic nitrogens is 1. The zero-order valence-corrected chi connectivity index (χ0v) is 16.2. The lowest BCUT2D eigenvalue weighted by molar-refractivity contribution is -0.384. The van der Waals surface area contributed by atoms with Gasteiger partial charge >= 0.3 is 6.03 Å². The highest BCUT2D eigenvalue weighted by Crippen LogP contribution is 2.31. The number of urea groups is 1. The summed E-state index contributed by atoms with van der Waals surface area (Å²) in [6, 6.07) is 11.5. The van der Waals surface area contributed by atoms with Crippen LogP contribution in [-0.2, 0) is 0 Å². The number of hydrogen-bond donors (Lipinski definition) is 1. The summed E-state index contributed by atoms with van der Waals surface area (Å²) in [5, 5.41) is 15.2. The molecule has 0 radical (unpaired) electrons. The number of hydrogen-bond acceptors (Lipinski definition) is 6. The number of non-ortho nitro benzene ring substituents is 1. The van der Waals surface area contributed by atoms with Gasteiger partial charge in [-0.15, -0.1) is 0 Å². The summed E-state index contributed by atoms with van der Waals surface area (Å²) in [6.45, 7) is 2.40. The van der Waals surface area contributed by atoms with Crippen molar-refractivity contribution in [2.75, 3.05) is 36.4 Å². The lowest BCUT2D eigenvalue weighted by Gasteiger charge is -2.34. The Balaban J connectivity index is 1.40. The highest BCUT2D eigenvalue weighted by atomic mass is 35.5. The average molecular weight is 418 g/mol. The fourth-order valence-corrected chi connectivity index (χ4v) is 4.26. The van der Waals surface area contributed by atoms with E-state index < -0.39 is 4.92 Å². The molecule has 0 bridgehead atoms. The van der Waals surface area contributed by atoms with E-state index in [9.17, 15) is 14.9 Å². The van der Waals surface area contributed by atoms with Gasteiger partial charge < -0.3 is 15.1 Å². The number of nitrogens with zero attached hydrogens (tertiary/aromatic N) is 4. The van der Waals surface area contributed by atoms with Gasteiger partial charge in [-0.2, -0.15) is 0 Å². The van der Waals surface area contributed by atoms with Crippen molar-refractivity contribution in [3.05, 3.63) is 57.6 Å². The predicted octanol–water partition coefficient (Wildman–Crippen LogP) is 4.21. The van der Waals surface area contributed by atoms with Crippen molar-refractivity contribution >= 4 is 55.7 Å². The Hall–Kier alpha value is -2.91. The van der Waals surface area contributed by atoms with E-state index in [1.165, 1.54) is 17.4 Å². The van der Waals surface area contributed by atoms with Crippen molar-refractivity contribution in [3.8, 4) is 0 Å². The quantitative estimate of drug-likeness (QED) is 0.509. The normalized spacial score (nSPS) is 14.3. The first-order valence-corrected chi connectivity index (χ1v) is 9.80. The van der Waals surface area contributed by atoms with Gasteiger partial charge in [-0.3, -0.25) is 10.1 Å². The van der Waals surface area contributed by atoms with Crippen molar-refractivity contribution < 1.29 is 9.72 Å². The summed E-state index contributed by atoms with van der Waals surface area (Å²) in [7, 11) is 0. The number of piperazine rings is 1. The molecule has 1 aliphatic heterocycles. The van der Waals surface area contributed by atoms with Gasteiger partial charge in [0.15, 0.2) is 5.13 Å². The van der Waals surface area contributed by atoms with Gasteiger partial charge in [-0.25, -0.2) is 9.78 Å². The highest BCUT2D eigenvalue weighted by molar-refractivity contribution is 7.22. The summed E-state index contributed by atoms with van der Waals surface area (Å²) >= 11 is 7.37. The number of amides is 2. The van der Waals surface area contributed by atoms with Gasteiger partial charge in [-0.05, 0) is 24.3 Å². The topological polar surface area (TPSA) is 91.6 Å². The smallest absolute Gasteiger partial charge is 0.321 e. The number of nitro benzene ring substituents is 1. The molecule has 2 amide bonds. The second-order valence-electron chi connectivity index (χ2n) is 6.32. The second kappa shape index (κ2) is 7.61. The molecule has 0 atom stereocenters. The Labute approximate surface area is 169 Å². The maximum Gasteiger partial charge on any atom is 0.321 e. The van der Waals surface area contributed by atoms with Crippen molar-refractivity contribution in [2.45, 2.75) is 0 Å². The molecule has 28 heavy (non-hydrogen) atoms. The van der Waals surface area contributed by atoms with Crippen LogP contribution in [0.4, 0.5) is 21.3 Å². The van der Waals surface area contributed by atoms with Crippen molar-refractivity contribution in [1.82, 2.24) is 9.88 Å². The third kappa shape index (κ3) is 3.85. The minimum atomic E-state index is -0.407. The first kappa shape index (κ1) is 18.5. The standard InChI is InChI=1S/C18H16ClN5O3S/c19-12-2-1-3-13(10-12)20-17(25)22-6-8-23(9-7-22)18-21-15-5-4-14(24(26)27)11-16(15)28-18/h1-5,10-11H,6-9H2,(H,20,25). The molecule has 0 aliphatic carbocycles. The molecule has 0 spiro atoms. The van der Waals surface area contributed by atoms with Crippen LogP contribution in [-0.4, -0.2) is 47.0 Å². The zero-order valence-electron chi connectivity index (χ0n) is 14.7. The number of nitrogens with one attached hydrogen (secondary N) is 1. The van der Waals surface area contributed by atoms with Crippen LogP contribution in [0.5, 0.6) is 0 Å². The van der Waals surface area contributed by atoms with Crippen LogP contribution in [0.25, 0.3) is 10.2 Å². The van der Waals surface area contributed by atoms with E-state index in [-0.39, 0.29) is 11.7 Å². The van der Waals surface area contributed by atoms with E-state index in [2.05, 4.69) is 15.2 Å². The Morgan fingerprint density at radius 2 is 1.96 bits per heavy atom. The lowest BCUT2D eigenvalue weighted by atomic mass is 10.3. The van der Waals surface area contributed by atoms with Crippen LogP contribution in [0.1, 0.15) is 0 Å². The monoisotopic (exact) mass is 417 g/mol. The molecule has 1 fully saturated rings. The van der Waals surface area contributed by atoms with Crippen LogP contribution < -0.4 is 10.2 Å². The molecule has 1 saturated heterocycles. The van der Waals surface area contributed by atoms with E-state index >= 15 is 0 Å². The maximum atomic E-state index is 12.4. The predicted molar refractivity (Wildman–Crippen MR) is 111 cm³/mol. The summed E-state index contributed by atoms with van der Waals surface area (Å²) in [4.78, 5) is 31.4. The molecule has 3 aromatic rings. The summed E-state index contributed by atoms with van der Waals surface area (Å²) < 4.78 is 0.783. The number of rotatable bonds is 3. The largest absolute Gasteiger partial charge is 0.345 e. The first-order chi connectivity index (χ1) is 13.5. The number of nitro groups is 1. The third-order valence-corrected chi connectivity index (χ3v) is 5.80. The molecule has 1 N–H and O–H groups in total. The minimum Gasteiger partial charge on any atom is -0.345 e. The molecule has 2 aromatic carbocycles. The minimum absolute atomic E-state index is 0.0604. The number of halogens is 1. The molecule has 144 valence electrons. The molecule has 8 nitrogen and oxygen atoms in total. The van der Waals surface area contributed by atoms with Gasteiger partial charge in [0.2, 0.25) is 0 Å². The van der Waals surface area contributed by atoms with E-state index in [1.54, 1.807) is 41.3 Å². The third-order valence-electron chi connectivity index (χ3n) is 4.48. The van der Waals surface area contributed by atoms with Crippen molar-refractivity contribution in [2.24, 2.45) is 0 Å². The van der Waals surface area contributed by atoms with E-state index in [0.29, 0.717) is 36.9 Å². The van der Waals surface area contributed by atoms with Gasteiger partial charge in [0.05, 0.1) is 15.1 Å². The molecular weight excluding hydrogens is 402 g/mol. The summed E-state index contributed by atoms with van der Waals surface area (Å²) in [5.41, 5.74) is 1.46. The molecule has 0 saturated carbocycles. The lowest BCUT2D eigenvalue weighted by Crippen LogP contribution is -2.50. The Morgan fingerprint density at radius 3 is 2.68 bits per heavy atom. The molecular formula is C18H16ClN5O3S. The van der Waals surface area contributed by atoms with Gasteiger partial charge in [0.25, 0.3) is 5.69 Å². The fourth-order valence-electron chi connectivity index (χ4n) is 3.02. The van der Waals surface area contributed by atoms with Gasteiger partial charge in [0, 0.05) is 49.0 Å². The van der Waals surface area contributed by atoms with Crippen LogP contribution in [0.3, 0.4) is 0 Å². The molecule has 10 heteroatoms. The van der Waals surface area contributed by atoms with E-state index in [0.717, 1.165) is 15.3 Å². The van der Waals surface area contributed by atoms with Crippen molar-refractivity contribution in [1.29, 1.82) is 0 Å². The SMILES string of the molecule is O=C(Nc1cccc(Cl)c1)N1CCN(c2nc3ccc([N+](=O)[O-])cc3s2)CC1. The molecule has 0 unspecified atom stereocenters. The Kier molecular flexibility index (Phi) is 5.01. The van der Waals surface area contributed by atoms with E-state index in [4.69, 9.17) is 11.6 Å². The Morgan fingerprint density at radius 1 is 1.18 bits per heavy atom.